The van der Waals surface area contributed by atoms with Crippen molar-refractivity contribution in [3.05, 3.63) is 76.6 Å². The Bertz CT molecular complexity index is 1270. The summed E-state index contributed by atoms with van der Waals surface area (Å²) in [5.74, 6) is 0.519. The molecule has 1 aliphatic heterocycles. The molecule has 1 amide bonds. The maximum atomic E-state index is 14.7. The molecule has 0 aromatic heterocycles. The van der Waals surface area contributed by atoms with Crippen LogP contribution in [0.4, 0.5) is 4.39 Å². The predicted octanol–water partition coefficient (Wildman–Crippen LogP) is 4.75. The van der Waals surface area contributed by atoms with Crippen LogP contribution in [0, 0.1) is 12.7 Å². The molecule has 34 heavy (non-hydrogen) atoms. The van der Waals surface area contributed by atoms with Gasteiger partial charge in [-0.2, -0.15) is 0 Å². The number of halogens is 1. The molecular weight excluding hydrogens is 437 g/mol. The third kappa shape index (κ3) is 4.46. The first-order chi connectivity index (χ1) is 16.3. The quantitative estimate of drug-likeness (QED) is 0.512. The zero-order valence-electron chi connectivity index (χ0n) is 19.5. The van der Waals surface area contributed by atoms with Crippen molar-refractivity contribution >= 4 is 11.7 Å². The topological polar surface area (TPSA) is 73.9 Å². The molecule has 0 fully saturated rings. The molecule has 1 heterocycles. The smallest absolute Gasteiger partial charge is 0.255 e. The summed E-state index contributed by atoms with van der Waals surface area (Å²) >= 11 is 0. The minimum atomic E-state index is -0.428. The molecule has 1 N–H and O–H groups in total. The molecule has 0 saturated heterocycles. The number of methoxy groups -OCH3 is 2. The predicted molar refractivity (Wildman–Crippen MR) is 127 cm³/mol. The largest absolute Gasteiger partial charge is 0.493 e. The number of hydrogen-bond donors (Lipinski definition) is 1. The second-order valence-corrected chi connectivity index (χ2v) is 8.25. The van der Waals surface area contributed by atoms with E-state index in [2.05, 4.69) is 5.32 Å². The van der Waals surface area contributed by atoms with Crippen LogP contribution in [0.5, 0.6) is 17.2 Å². The third-order valence-electron chi connectivity index (χ3n) is 5.84. The van der Waals surface area contributed by atoms with Gasteiger partial charge in [-0.15, -0.1) is 0 Å². The highest BCUT2D eigenvalue weighted by Gasteiger charge is 2.28. The fourth-order valence-electron chi connectivity index (χ4n) is 4.22. The number of ketones is 1. The van der Waals surface area contributed by atoms with Crippen molar-refractivity contribution in [2.45, 2.75) is 26.4 Å². The number of carbonyl (C=O) groups is 2. The van der Waals surface area contributed by atoms with Crippen LogP contribution >= 0.6 is 0 Å². The lowest BCUT2D eigenvalue weighted by atomic mass is 9.95. The van der Waals surface area contributed by atoms with E-state index >= 15 is 0 Å². The highest BCUT2D eigenvalue weighted by Crippen LogP contribution is 2.41. The highest BCUT2D eigenvalue weighted by molar-refractivity contribution is 5.98. The van der Waals surface area contributed by atoms with Gasteiger partial charge in [0.05, 0.1) is 26.3 Å². The molecule has 0 radical (unpaired) electrons. The molecule has 176 valence electrons. The van der Waals surface area contributed by atoms with Crippen molar-refractivity contribution in [2.24, 2.45) is 0 Å². The Morgan fingerprint density at radius 2 is 1.88 bits per heavy atom. The monoisotopic (exact) mass is 463 g/mol. The van der Waals surface area contributed by atoms with Crippen molar-refractivity contribution < 1.29 is 28.2 Å². The molecule has 0 aliphatic carbocycles. The number of fused-ring (bicyclic) bond motifs is 1. The maximum absolute atomic E-state index is 14.7. The van der Waals surface area contributed by atoms with Gasteiger partial charge in [-0.25, -0.2) is 4.39 Å². The number of ether oxygens (including phenoxy) is 3. The molecule has 0 spiro atoms. The number of hydrogen-bond acceptors (Lipinski definition) is 5. The van der Waals surface area contributed by atoms with Gasteiger partial charge in [-0.05, 0) is 61.4 Å². The standard InChI is InChI=1S/C27H26FNO5/c1-15-10-18-12-19(14-29-27(31)20-6-5-7-24(32-3)26(20)33-4)34-25(18)22(11-15)21-13-17(16(2)30)8-9-23(21)28/h5-11,13,19H,12,14H2,1-4H3,(H,29,31)/t19-/m1/s1. The number of nitrogens with one attached hydrogen (secondary N) is 1. The third-order valence-corrected chi connectivity index (χ3v) is 5.84. The van der Waals surface area contributed by atoms with E-state index in [0.717, 1.165) is 11.1 Å². The maximum Gasteiger partial charge on any atom is 0.255 e. The van der Waals surface area contributed by atoms with Gasteiger partial charge in [-0.1, -0.05) is 12.1 Å². The minimum absolute atomic E-state index is 0.139. The van der Waals surface area contributed by atoms with Crippen LogP contribution in [0.25, 0.3) is 11.1 Å². The number of Topliss-reactive ketones (excluding diaryl/α,β-unsaturated/α-hetero) is 1. The number of benzene rings is 3. The molecule has 1 aliphatic rings. The van der Waals surface area contributed by atoms with E-state index in [4.69, 9.17) is 14.2 Å². The van der Waals surface area contributed by atoms with Crippen LogP contribution in [0.15, 0.2) is 48.5 Å². The molecule has 3 aromatic carbocycles. The van der Waals surface area contributed by atoms with Crippen molar-refractivity contribution in [1.82, 2.24) is 5.32 Å². The van der Waals surface area contributed by atoms with Gasteiger partial charge in [-0.3, -0.25) is 9.59 Å². The average molecular weight is 464 g/mol. The van der Waals surface area contributed by atoms with Gasteiger partial charge in [0.15, 0.2) is 17.3 Å². The minimum Gasteiger partial charge on any atom is -0.493 e. The van der Waals surface area contributed by atoms with Crippen molar-refractivity contribution in [2.75, 3.05) is 20.8 Å². The molecule has 0 saturated carbocycles. The van der Waals surface area contributed by atoms with Crippen LogP contribution < -0.4 is 19.5 Å². The van der Waals surface area contributed by atoms with E-state index in [1.165, 1.54) is 33.3 Å². The summed E-state index contributed by atoms with van der Waals surface area (Å²) in [4.78, 5) is 24.7. The highest BCUT2D eigenvalue weighted by atomic mass is 19.1. The molecular formula is C27H26FNO5. The molecule has 3 aromatic rings. The van der Waals surface area contributed by atoms with Gasteiger partial charge < -0.3 is 19.5 Å². The lowest BCUT2D eigenvalue weighted by molar-refractivity contribution is 0.0929. The van der Waals surface area contributed by atoms with Crippen LogP contribution in [0.1, 0.15) is 38.8 Å². The Labute approximate surface area is 197 Å². The van der Waals surface area contributed by atoms with Gasteiger partial charge in [0.1, 0.15) is 17.7 Å². The summed E-state index contributed by atoms with van der Waals surface area (Å²) in [5, 5.41) is 2.89. The number of para-hydroxylation sites is 1. The fraction of sp³-hybridized carbons (Fsp3) is 0.259. The number of aryl methyl sites for hydroxylation is 1. The van der Waals surface area contributed by atoms with E-state index in [0.29, 0.717) is 45.9 Å². The van der Waals surface area contributed by atoms with Crippen LogP contribution in [-0.2, 0) is 6.42 Å². The van der Waals surface area contributed by atoms with Gasteiger partial charge >= 0.3 is 0 Å². The fourth-order valence-corrected chi connectivity index (χ4v) is 4.22. The lowest BCUT2D eigenvalue weighted by Crippen LogP contribution is -2.34. The van der Waals surface area contributed by atoms with E-state index in [9.17, 15) is 14.0 Å². The Balaban J connectivity index is 1.56. The zero-order valence-corrected chi connectivity index (χ0v) is 19.5. The summed E-state index contributed by atoms with van der Waals surface area (Å²) in [6.45, 7) is 3.63. The summed E-state index contributed by atoms with van der Waals surface area (Å²) in [6.07, 6.45) is 0.239. The number of rotatable bonds is 7. The van der Waals surface area contributed by atoms with Gasteiger partial charge in [0.25, 0.3) is 5.91 Å². The van der Waals surface area contributed by atoms with Crippen LogP contribution in [0.2, 0.25) is 0 Å². The average Bonchev–Trinajstić information content (AvgIpc) is 3.24. The van der Waals surface area contributed by atoms with Gasteiger partial charge in [0, 0.05) is 23.1 Å². The SMILES string of the molecule is COc1cccc(C(=O)NC[C@H]2Cc3cc(C)cc(-c4cc(C(C)=O)ccc4F)c3O2)c1OC. The van der Waals surface area contributed by atoms with E-state index in [1.54, 1.807) is 24.3 Å². The first kappa shape index (κ1) is 23.3. The normalized spacial score (nSPS) is 14.2. The van der Waals surface area contributed by atoms with Crippen molar-refractivity contribution in [3.63, 3.8) is 0 Å². The van der Waals surface area contributed by atoms with Crippen LogP contribution in [-0.4, -0.2) is 38.6 Å². The molecule has 0 unspecified atom stereocenters. The Morgan fingerprint density at radius 1 is 1.09 bits per heavy atom. The molecule has 7 heteroatoms. The second kappa shape index (κ2) is 9.55. The Morgan fingerprint density at radius 3 is 2.59 bits per heavy atom. The molecule has 6 nitrogen and oxygen atoms in total. The summed E-state index contributed by atoms with van der Waals surface area (Å²) in [6, 6.07) is 13.3. The summed E-state index contributed by atoms with van der Waals surface area (Å²) in [7, 11) is 2.99. The van der Waals surface area contributed by atoms with Crippen LogP contribution in [0.3, 0.4) is 0 Å². The zero-order chi connectivity index (χ0) is 24.4. The van der Waals surface area contributed by atoms with E-state index in [1.807, 2.05) is 19.1 Å². The molecule has 1 atom stereocenters. The summed E-state index contributed by atoms with van der Waals surface area (Å²) < 4.78 is 31.5. The Hall–Kier alpha value is -3.87. The first-order valence-electron chi connectivity index (χ1n) is 10.9. The second-order valence-electron chi connectivity index (χ2n) is 8.25. The lowest BCUT2D eigenvalue weighted by Gasteiger charge is -2.16. The van der Waals surface area contributed by atoms with Crippen molar-refractivity contribution in [1.29, 1.82) is 0 Å². The number of amides is 1. The van der Waals surface area contributed by atoms with E-state index in [-0.39, 0.29) is 24.3 Å². The molecule has 0 bridgehead atoms. The first-order valence-corrected chi connectivity index (χ1v) is 10.9. The van der Waals surface area contributed by atoms with E-state index < -0.39 is 5.82 Å². The van der Waals surface area contributed by atoms with Gasteiger partial charge in [0.2, 0.25) is 0 Å². The number of carbonyl (C=O) groups excluding carboxylic acids is 2. The van der Waals surface area contributed by atoms with Crippen molar-refractivity contribution in [3.8, 4) is 28.4 Å². The molecule has 4 rings (SSSR count). The Kier molecular flexibility index (Phi) is 6.54. The summed E-state index contributed by atoms with van der Waals surface area (Å²) in [5.41, 5.74) is 3.59.